The average molecular weight is 153 g/mol. The maximum Gasteiger partial charge on any atom is 0.0137 e. The third-order valence-electron chi connectivity index (χ3n) is 2.45. The molecule has 1 heteroatoms. The minimum Gasteiger partial charge on any atom is -0.311 e. The van der Waals surface area contributed by atoms with E-state index in [0.29, 0.717) is 0 Å². The summed E-state index contributed by atoms with van der Waals surface area (Å²) in [5.74, 6) is 0.943. The van der Waals surface area contributed by atoms with Gasteiger partial charge in [0.1, 0.15) is 0 Å². The Morgan fingerprint density at radius 2 is 2.27 bits per heavy atom. The molecule has 2 atom stereocenters. The van der Waals surface area contributed by atoms with Gasteiger partial charge in [0.2, 0.25) is 0 Å². The van der Waals surface area contributed by atoms with Crippen molar-refractivity contribution in [1.82, 2.24) is 5.32 Å². The van der Waals surface area contributed by atoms with Gasteiger partial charge in [0, 0.05) is 12.6 Å². The van der Waals surface area contributed by atoms with Crippen LogP contribution >= 0.6 is 0 Å². The first kappa shape index (κ1) is 8.79. The van der Waals surface area contributed by atoms with Gasteiger partial charge in [-0.2, -0.15) is 0 Å². The first-order chi connectivity index (χ1) is 5.33. The summed E-state index contributed by atoms with van der Waals surface area (Å²) in [4.78, 5) is 0. The second kappa shape index (κ2) is 4.55. The van der Waals surface area contributed by atoms with Crippen LogP contribution in [-0.2, 0) is 0 Å². The predicted octanol–water partition coefficient (Wildman–Crippen LogP) is 2.34. The zero-order valence-corrected chi connectivity index (χ0v) is 7.64. The van der Waals surface area contributed by atoms with Crippen molar-refractivity contribution in [2.24, 2.45) is 5.92 Å². The van der Waals surface area contributed by atoms with Crippen LogP contribution < -0.4 is 5.32 Å². The lowest BCUT2D eigenvalue weighted by atomic mass is 10.1. The van der Waals surface area contributed by atoms with E-state index in [-0.39, 0.29) is 0 Å². The van der Waals surface area contributed by atoms with Gasteiger partial charge in [-0.3, -0.25) is 0 Å². The highest BCUT2D eigenvalue weighted by atomic mass is 14.9. The van der Waals surface area contributed by atoms with E-state index in [1.165, 1.54) is 19.3 Å². The van der Waals surface area contributed by atoms with Gasteiger partial charge >= 0.3 is 0 Å². The molecular weight excluding hydrogens is 134 g/mol. The lowest BCUT2D eigenvalue weighted by Crippen LogP contribution is -2.26. The Bertz CT molecular complexity index is 129. The van der Waals surface area contributed by atoms with Gasteiger partial charge in [-0.15, -0.1) is 0 Å². The van der Waals surface area contributed by atoms with Crippen LogP contribution in [0.3, 0.4) is 0 Å². The fourth-order valence-corrected chi connectivity index (χ4v) is 1.75. The Kier molecular flexibility index (Phi) is 3.64. The van der Waals surface area contributed by atoms with Crippen LogP contribution in [0, 0.1) is 5.92 Å². The van der Waals surface area contributed by atoms with E-state index < -0.39 is 0 Å². The van der Waals surface area contributed by atoms with Gasteiger partial charge < -0.3 is 5.32 Å². The monoisotopic (exact) mass is 153 g/mol. The summed E-state index contributed by atoms with van der Waals surface area (Å²) in [6, 6.07) is 0.793. The first-order valence-electron chi connectivity index (χ1n) is 4.67. The number of nitrogens with one attached hydrogen (secondary N) is 1. The second-order valence-corrected chi connectivity index (χ2v) is 3.59. The van der Waals surface area contributed by atoms with Gasteiger partial charge in [-0.25, -0.2) is 0 Å². The molecule has 1 fully saturated rings. The van der Waals surface area contributed by atoms with Gasteiger partial charge in [-0.05, 0) is 32.1 Å². The van der Waals surface area contributed by atoms with Crippen molar-refractivity contribution in [3.05, 3.63) is 12.2 Å². The van der Waals surface area contributed by atoms with E-state index >= 15 is 0 Å². The Morgan fingerprint density at radius 3 is 2.82 bits per heavy atom. The summed E-state index contributed by atoms with van der Waals surface area (Å²) in [5.41, 5.74) is 0. The Hall–Kier alpha value is -0.300. The van der Waals surface area contributed by atoms with Gasteiger partial charge in [0.25, 0.3) is 0 Å². The topological polar surface area (TPSA) is 12.0 Å². The molecule has 0 aromatic heterocycles. The zero-order chi connectivity index (χ0) is 8.10. The third-order valence-corrected chi connectivity index (χ3v) is 2.45. The van der Waals surface area contributed by atoms with Crippen LogP contribution in [0.25, 0.3) is 0 Å². The predicted molar refractivity (Wildman–Crippen MR) is 49.6 cm³/mol. The molecule has 1 nitrogen and oxygen atoms in total. The van der Waals surface area contributed by atoms with Crippen LogP contribution in [0.1, 0.15) is 33.1 Å². The lowest BCUT2D eigenvalue weighted by Gasteiger charge is -2.09. The molecular formula is C10H19N. The zero-order valence-electron chi connectivity index (χ0n) is 7.64. The van der Waals surface area contributed by atoms with Crippen molar-refractivity contribution < 1.29 is 0 Å². The van der Waals surface area contributed by atoms with Gasteiger partial charge in [0.05, 0.1) is 0 Å². The van der Waals surface area contributed by atoms with Crippen LogP contribution in [-0.4, -0.2) is 12.6 Å². The second-order valence-electron chi connectivity index (χ2n) is 3.59. The summed E-state index contributed by atoms with van der Waals surface area (Å²) in [7, 11) is 0. The minimum atomic E-state index is 0.793. The van der Waals surface area contributed by atoms with Crippen molar-refractivity contribution in [2.75, 3.05) is 6.54 Å². The van der Waals surface area contributed by atoms with Crippen LogP contribution in [0.4, 0.5) is 0 Å². The van der Waals surface area contributed by atoms with Gasteiger partial charge in [-0.1, -0.05) is 19.1 Å². The lowest BCUT2D eigenvalue weighted by molar-refractivity contribution is 0.527. The fraction of sp³-hybridized carbons (Fsp3) is 0.800. The highest BCUT2D eigenvalue weighted by Crippen LogP contribution is 2.24. The summed E-state index contributed by atoms with van der Waals surface area (Å²) in [5, 5.41) is 3.53. The van der Waals surface area contributed by atoms with Crippen LogP contribution in [0.5, 0.6) is 0 Å². The molecule has 0 aromatic rings. The molecule has 64 valence electrons. The molecule has 0 aromatic carbocycles. The molecule has 1 N–H and O–H groups in total. The van der Waals surface area contributed by atoms with E-state index in [9.17, 15) is 0 Å². The quantitative estimate of drug-likeness (QED) is 0.614. The van der Waals surface area contributed by atoms with Crippen molar-refractivity contribution in [3.8, 4) is 0 Å². The van der Waals surface area contributed by atoms with Gasteiger partial charge in [0.15, 0.2) is 0 Å². The standard InChI is InChI=1S/C10H19N/c1-3-4-7-11-10-6-5-9(2)8-10/h3-4,9-11H,5-8H2,1-2H3/b4-3+. The van der Waals surface area contributed by atoms with Crippen LogP contribution in [0.2, 0.25) is 0 Å². The molecule has 2 unspecified atom stereocenters. The summed E-state index contributed by atoms with van der Waals surface area (Å²) in [6.07, 6.45) is 8.44. The Balaban J connectivity index is 2.08. The maximum absolute atomic E-state index is 3.53. The molecule has 1 aliphatic rings. The fourth-order valence-electron chi connectivity index (χ4n) is 1.75. The molecule has 1 aliphatic carbocycles. The molecule has 0 bridgehead atoms. The first-order valence-corrected chi connectivity index (χ1v) is 4.67. The average Bonchev–Trinajstić information content (AvgIpc) is 2.37. The Labute approximate surface area is 69.9 Å². The molecule has 0 aliphatic heterocycles. The molecule has 0 amide bonds. The van der Waals surface area contributed by atoms with E-state index in [2.05, 4.69) is 31.3 Å². The van der Waals surface area contributed by atoms with E-state index in [0.717, 1.165) is 18.5 Å². The van der Waals surface area contributed by atoms with Crippen molar-refractivity contribution in [1.29, 1.82) is 0 Å². The van der Waals surface area contributed by atoms with E-state index in [4.69, 9.17) is 0 Å². The minimum absolute atomic E-state index is 0.793. The molecule has 11 heavy (non-hydrogen) atoms. The summed E-state index contributed by atoms with van der Waals surface area (Å²) in [6.45, 7) is 5.46. The SMILES string of the molecule is C/C=C/CNC1CCC(C)C1. The molecule has 0 heterocycles. The number of allylic oxidation sites excluding steroid dienone is 1. The molecule has 1 rings (SSSR count). The number of hydrogen-bond donors (Lipinski definition) is 1. The van der Waals surface area contributed by atoms with E-state index in [1.54, 1.807) is 0 Å². The maximum atomic E-state index is 3.53. The van der Waals surface area contributed by atoms with E-state index in [1.807, 2.05) is 0 Å². The molecule has 0 radical (unpaired) electrons. The highest BCUT2D eigenvalue weighted by Gasteiger charge is 2.19. The van der Waals surface area contributed by atoms with Crippen molar-refractivity contribution in [2.45, 2.75) is 39.2 Å². The molecule has 1 saturated carbocycles. The summed E-state index contributed by atoms with van der Waals surface area (Å²) >= 11 is 0. The van der Waals surface area contributed by atoms with Crippen molar-refractivity contribution >= 4 is 0 Å². The molecule has 0 spiro atoms. The molecule has 0 saturated heterocycles. The Morgan fingerprint density at radius 1 is 1.45 bits per heavy atom. The smallest absolute Gasteiger partial charge is 0.0137 e. The third kappa shape index (κ3) is 3.06. The van der Waals surface area contributed by atoms with Crippen molar-refractivity contribution in [3.63, 3.8) is 0 Å². The normalized spacial score (nSPS) is 31.8. The van der Waals surface area contributed by atoms with Crippen LogP contribution in [0.15, 0.2) is 12.2 Å². The number of rotatable bonds is 3. The number of hydrogen-bond acceptors (Lipinski definition) is 1. The largest absolute Gasteiger partial charge is 0.311 e. The summed E-state index contributed by atoms with van der Waals surface area (Å²) < 4.78 is 0. The highest BCUT2D eigenvalue weighted by molar-refractivity contribution is 4.84.